The van der Waals surface area contributed by atoms with Gasteiger partial charge in [-0.05, 0) is 97.0 Å². The number of halogens is 6. The summed E-state index contributed by atoms with van der Waals surface area (Å²) >= 11 is 5.32. The van der Waals surface area contributed by atoms with Crippen LogP contribution in [0.1, 0.15) is 41.2 Å². The normalized spacial score (nSPS) is 21.7. The number of hydrogen-bond acceptors (Lipinski definition) is 4. The molecule has 5 nitrogen and oxygen atoms in total. The molecule has 0 aliphatic carbocycles. The minimum absolute atomic E-state index is 0.0715. The topological polar surface area (TPSA) is 49.4 Å². The molecule has 0 amide bonds. The molecule has 7 rings (SSSR count). The largest absolute Gasteiger partial charge is 0.416 e. The van der Waals surface area contributed by atoms with Gasteiger partial charge in [-0.1, -0.05) is 36.4 Å². The van der Waals surface area contributed by atoms with Gasteiger partial charge >= 0.3 is 12.4 Å². The number of alkyl halides is 6. The lowest BCUT2D eigenvalue weighted by Gasteiger charge is -2.51. The smallest absolute Gasteiger partial charge is 0.367 e. The molecule has 3 fully saturated rings. The number of anilines is 2. The molecule has 246 valence electrons. The molecule has 2 bridgehead atoms. The van der Waals surface area contributed by atoms with E-state index in [1.165, 1.54) is 0 Å². The molecule has 3 aliphatic heterocycles. The summed E-state index contributed by atoms with van der Waals surface area (Å²) in [6.45, 7) is 6.32. The summed E-state index contributed by atoms with van der Waals surface area (Å²) in [7, 11) is 0. The van der Waals surface area contributed by atoms with Gasteiger partial charge in [0.1, 0.15) is 0 Å². The Bertz CT molecular complexity index is 1730. The van der Waals surface area contributed by atoms with Crippen molar-refractivity contribution in [3.63, 3.8) is 0 Å². The summed E-state index contributed by atoms with van der Waals surface area (Å²) in [5.41, 5.74) is -0.174. The molecule has 0 spiro atoms. The SMILES string of the molecule is C=CC1CN2CCC1C[C@@H]2[C@@H](OCc1ccccc1)c1ccnc2ccc(NC(=S)Nc3cc(C(F)(F)F)cc(C(F)(F)F)c3)cc12. The third-order valence-electron chi connectivity index (χ3n) is 8.96. The number of rotatable bonds is 8. The number of hydrogen-bond donors (Lipinski definition) is 2. The highest BCUT2D eigenvalue weighted by Gasteiger charge is 2.43. The fourth-order valence-electron chi connectivity index (χ4n) is 6.67. The molecule has 0 saturated carbocycles. The lowest BCUT2D eigenvalue weighted by molar-refractivity contribution is -0.143. The minimum Gasteiger partial charge on any atom is -0.367 e. The number of piperidine rings is 3. The van der Waals surface area contributed by atoms with E-state index in [2.05, 4.69) is 27.1 Å². The number of fused-ring (bicyclic) bond motifs is 4. The van der Waals surface area contributed by atoms with Crippen LogP contribution in [0, 0.1) is 11.8 Å². The number of thiocarbonyl (C=S) groups is 1. The zero-order valence-corrected chi connectivity index (χ0v) is 25.9. The molecule has 3 aliphatic rings. The summed E-state index contributed by atoms with van der Waals surface area (Å²) in [4.78, 5) is 7.01. The third-order valence-corrected chi connectivity index (χ3v) is 9.17. The first-order valence-electron chi connectivity index (χ1n) is 15.2. The van der Waals surface area contributed by atoms with Crippen molar-refractivity contribution in [2.75, 3.05) is 23.7 Å². The number of nitrogens with zero attached hydrogens (tertiary/aromatic N) is 2. The number of aromatic nitrogens is 1. The Labute approximate surface area is 273 Å². The van der Waals surface area contributed by atoms with Crippen LogP contribution in [0.5, 0.6) is 0 Å². The molecule has 4 aromatic rings. The molecule has 0 radical (unpaired) electrons. The van der Waals surface area contributed by atoms with Gasteiger partial charge in [0.15, 0.2) is 5.11 Å². The second-order valence-corrected chi connectivity index (χ2v) is 12.4. The maximum absolute atomic E-state index is 13.4. The summed E-state index contributed by atoms with van der Waals surface area (Å²) in [6, 6.07) is 18.5. The molecule has 3 saturated heterocycles. The first-order chi connectivity index (χ1) is 22.4. The summed E-state index contributed by atoms with van der Waals surface area (Å²) in [6.07, 6.45) is -4.42. The third kappa shape index (κ3) is 7.45. The number of benzene rings is 3. The van der Waals surface area contributed by atoms with Gasteiger partial charge < -0.3 is 15.4 Å². The van der Waals surface area contributed by atoms with Crippen LogP contribution >= 0.6 is 12.2 Å². The molecular formula is C35H32F6N4OS. The van der Waals surface area contributed by atoms with Crippen LogP contribution < -0.4 is 10.6 Å². The van der Waals surface area contributed by atoms with Crippen molar-refractivity contribution >= 4 is 39.6 Å². The van der Waals surface area contributed by atoms with Gasteiger partial charge in [0.05, 0.1) is 29.4 Å². The maximum Gasteiger partial charge on any atom is 0.416 e. The van der Waals surface area contributed by atoms with Gasteiger partial charge in [-0.15, -0.1) is 6.58 Å². The molecular weight excluding hydrogens is 638 g/mol. The lowest BCUT2D eigenvalue weighted by atomic mass is 9.73. The highest BCUT2D eigenvalue weighted by molar-refractivity contribution is 7.80. The van der Waals surface area contributed by atoms with Crippen molar-refractivity contribution < 1.29 is 31.1 Å². The molecule has 5 atom stereocenters. The van der Waals surface area contributed by atoms with Gasteiger partial charge in [0.2, 0.25) is 0 Å². The molecule has 47 heavy (non-hydrogen) atoms. The van der Waals surface area contributed by atoms with Gasteiger partial charge in [-0.25, -0.2) is 0 Å². The first kappa shape index (κ1) is 32.9. The Kier molecular flexibility index (Phi) is 9.28. The zero-order valence-electron chi connectivity index (χ0n) is 25.1. The average Bonchev–Trinajstić information content (AvgIpc) is 3.04. The van der Waals surface area contributed by atoms with Gasteiger partial charge in [-0.2, -0.15) is 26.3 Å². The minimum atomic E-state index is -4.98. The average molecular weight is 671 g/mol. The van der Waals surface area contributed by atoms with Gasteiger partial charge in [0, 0.05) is 35.5 Å². The second kappa shape index (κ2) is 13.2. The second-order valence-electron chi connectivity index (χ2n) is 12.0. The Morgan fingerprint density at radius 2 is 1.66 bits per heavy atom. The van der Waals surface area contributed by atoms with Crippen LogP contribution in [-0.4, -0.2) is 34.1 Å². The fraction of sp³-hybridized carbons (Fsp3) is 0.314. The summed E-state index contributed by atoms with van der Waals surface area (Å²) in [5, 5.41) is 6.01. The predicted octanol–water partition coefficient (Wildman–Crippen LogP) is 9.24. The quantitative estimate of drug-likeness (QED) is 0.111. The standard InChI is InChI=1S/C35H32F6N4OS/c1-2-22-19-45-13-11-23(22)14-31(45)32(46-20-21-6-4-3-5-7-21)28-10-12-42-30-9-8-26(18-29(28)30)43-33(47)44-27-16-24(34(36,37)38)15-25(17-27)35(39,40)41/h2-10,12,15-18,22-23,31-32H,1,11,13-14,19-20H2,(H2,43,44,47)/t22?,23?,31-,32+/m1/s1. The van der Waals surface area contributed by atoms with Crippen LogP contribution in [0.3, 0.4) is 0 Å². The number of ether oxygens (including phenoxy) is 1. The zero-order chi connectivity index (χ0) is 33.3. The summed E-state index contributed by atoms with van der Waals surface area (Å²) < 4.78 is 87.0. The highest BCUT2D eigenvalue weighted by atomic mass is 32.1. The fourth-order valence-corrected chi connectivity index (χ4v) is 6.91. The first-order valence-corrected chi connectivity index (χ1v) is 15.6. The molecule has 2 N–H and O–H groups in total. The van der Waals surface area contributed by atoms with E-state index < -0.39 is 29.2 Å². The van der Waals surface area contributed by atoms with Gasteiger partial charge in [-0.3, -0.25) is 9.88 Å². The molecule has 3 unspecified atom stereocenters. The predicted molar refractivity (Wildman–Crippen MR) is 174 cm³/mol. The molecule has 3 aromatic carbocycles. The van der Waals surface area contributed by atoms with Crippen LogP contribution in [0.2, 0.25) is 0 Å². The van der Waals surface area contributed by atoms with Crippen LogP contribution in [0.15, 0.2) is 91.6 Å². The van der Waals surface area contributed by atoms with Crippen molar-refractivity contribution in [2.45, 2.75) is 43.9 Å². The van der Waals surface area contributed by atoms with E-state index in [0.29, 0.717) is 41.8 Å². The molecule has 4 heterocycles. The van der Waals surface area contributed by atoms with Crippen molar-refractivity contribution in [2.24, 2.45) is 11.8 Å². The summed E-state index contributed by atoms with van der Waals surface area (Å²) in [5.74, 6) is 0.935. The van der Waals surface area contributed by atoms with Gasteiger partial charge in [0.25, 0.3) is 0 Å². The van der Waals surface area contributed by atoms with Crippen molar-refractivity contribution in [3.05, 3.63) is 114 Å². The van der Waals surface area contributed by atoms with Crippen molar-refractivity contribution in [1.82, 2.24) is 9.88 Å². The molecule has 1 aromatic heterocycles. The van der Waals surface area contributed by atoms with Crippen LogP contribution in [0.4, 0.5) is 37.7 Å². The van der Waals surface area contributed by atoms with Crippen molar-refractivity contribution in [1.29, 1.82) is 0 Å². The number of pyridine rings is 1. The Hall–Kier alpha value is -4.00. The Morgan fingerprint density at radius 3 is 2.30 bits per heavy atom. The van der Waals surface area contributed by atoms with E-state index in [9.17, 15) is 26.3 Å². The van der Waals surface area contributed by atoms with Crippen LogP contribution in [-0.2, 0) is 23.7 Å². The van der Waals surface area contributed by atoms with E-state index in [4.69, 9.17) is 17.0 Å². The van der Waals surface area contributed by atoms with E-state index in [1.807, 2.05) is 48.5 Å². The van der Waals surface area contributed by atoms with Crippen LogP contribution in [0.25, 0.3) is 10.9 Å². The Balaban J connectivity index is 1.29. The monoisotopic (exact) mass is 670 g/mol. The number of nitrogens with one attached hydrogen (secondary N) is 2. The Morgan fingerprint density at radius 1 is 0.957 bits per heavy atom. The van der Waals surface area contributed by atoms with E-state index in [-0.39, 0.29) is 23.3 Å². The van der Waals surface area contributed by atoms with E-state index in [1.54, 1.807) is 18.3 Å². The van der Waals surface area contributed by atoms with Crippen molar-refractivity contribution in [3.8, 4) is 0 Å². The lowest BCUT2D eigenvalue weighted by Crippen LogP contribution is -2.55. The maximum atomic E-state index is 13.4. The van der Waals surface area contributed by atoms with E-state index in [0.717, 1.165) is 42.4 Å². The molecule has 12 heteroatoms. The van der Waals surface area contributed by atoms with E-state index >= 15 is 0 Å². The highest BCUT2D eigenvalue weighted by Crippen LogP contribution is 2.44.